The predicted octanol–water partition coefficient (Wildman–Crippen LogP) is 13.7. The maximum Gasteiger partial charge on any atom is 0.0584 e. The van der Waals surface area contributed by atoms with Crippen LogP contribution in [0.1, 0.15) is 194 Å². The molecule has 10 saturated heterocycles. The van der Waals surface area contributed by atoms with E-state index in [-0.39, 0.29) is 0 Å². The molecule has 10 heterocycles. The first-order valence-electron chi connectivity index (χ1n) is 28.2. The van der Waals surface area contributed by atoms with Crippen molar-refractivity contribution in [3.05, 3.63) is 0 Å². The second-order valence-corrected chi connectivity index (χ2v) is 29.9. The molecule has 372 valence electrons. The summed E-state index contributed by atoms with van der Waals surface area (Å²) in [4.78, 5) is 5.38. The van der Waals surface area contributed by atoms with E-state index in [0.29, 0.717) is 39.3 Å². The highest BCUT2D eigenvalue weighted by Crippen LogP contribution is 2.57. The van der Waals surface area contributed by atoms with Gasteiger partial charge in [-0.2, -0.15) is 0 Å². The zero-order chi connectivity index (χ0) is 46.4. The number of hydrogen-bond acceptors (Lipinski definition) is 5. The highest BCUT2D eigenvalue weighted by atomic mass is 16.5. The van der Waals surface area contributed by atoms with Gasteiger partial charge in [0.1, 0.15) is 0 Å². The van der Waals surface area contributed by atoms with Crippen LogP contribution in [0.2, 0.25) is 0 Å². The fraction of sp³-hybridized carbons (Fsp3) is 1.00. The van der Waals surface area contributed by atoms with E-state index in [0.717, 1.165) is 90.1 Å². The summed E-state index contributed by atoms with van der Waals surface area (Å²) in [6.45, 7) is 49.0. The standard InChI is InChI=1S/C13H23N.C13H22O.C12H22O.C11H21N.C10H21N/c1-13(2,3)12-10-4-9-5-11(12)8-14(6-9)7-10;1-13(2,3)12-8-4-10-6-9(12)7-11(5-8)14-10;1-12(2,3)11-9-5-4-6-10(11)8-13-7-9;1-11(2,3)10-8-12-6-4-9(10)5-7-12;1-10(2,3)9-5-4-7-11-8-6-9/h9-12H,4-8H2,1-3H3;8-12H,4-7H2,1-3H3;9-11H,4-8H2,1-3H3;9-10H,4-8H2,1-3H3;9,11H,4-8H2,1-3H3. The Morgan fingerprint density at radius 1 is 0.406 bits per heavy atom. The molecule has 14 fully saturated rings. The quantitative estimate of drug-likeness (QED) is 0.262. The summed E-state index contributed by atoms with van der Waals surface area (Å²) in [7, 11) is 0. The van der Waals surface area contributed by atoms with E-state index in [1.54, 1.807) is 0 Å². The van der Waals surface area contributed by atoms with Gasteiger partial charge in [0.05, 0.1) is 12.2 Å². The first-order valence-corrected chi connectivity index (χ1v) is 28.2. The molecule has 0 aromatic carbocycles. The molecule has 1 N–H and O–H groups in total. The summed E-state index contributed by atoms with van der Waals surface area (Å²) < 4.78 is 11.6. The second kappa shape index (κ2) is 20.6. The minimum absolute atomic E-state index is 0.486. The van der Waals surface area contributed by atoms with Gasteiger partial charge in [0.2, 0.25) is 0 Å². The molecule has 5 nitrogen and oxygen atoms in total. The molecule has 6 atom stereocenters. The number of nitrogens with one attached hydrogen (secondary N) is 1. The molecule has 14 aliphatic rings. The van der Waals surface area contributed by atoms with Gasteiger partial charge in [0, 0.05) is 39.4 Å². The van der Waals surface area contributed by atoms with Crippen molar-refractivity contribution in [1.82, 2.24) is 15.1 Å². The van der Waals surface area contributed by atoms with E-state index in [4.69, 9.17) is 9.47 Å². The first-order chi connectivity index (χ1) is 29.8. The molecule has 6 unspecified atom stereocenters. The van der Waals surface area contributed by atoms with Crippen molar-refractivity contribution in [3.8, 4) is 0 Å². The Balaban J connectivity index is 0.000000120. The van der Waals surface area contributed by atoms with Gasteiger partial charge in [-0.1, -0.05) is 110 Å². The van der Waals surface area contributed by atoms with Gasteiger partial charge in [-0.25, -0.2) is 0 Å². The van der Waals surface area contributed by atoms with Gasteiger partial charge in [0.25, 0.3) is 0 Å². The minimum Gasteiger partial charge on any atom is -0.381 e. The number of fused-ring (bicyclic) bond motifs is 5. The average molecular weight is 893 g/mol. The van der Waals surface area contributed by atoms with E-state index in [1.165, 1.54) is 142 Å². The SMILES string of the molecule is CC(C)(C)C1C2CC3CC1CC(C2)O3.CC(C)(C)C1C2CC3CC1CN(C3)C2.CC(C)(C)C1C2CCCC1COC2.CC(C)(C)C1CCCNCC1.CC(C)(C)C1CN2CCC1CC2. The molecular weight excluding hydrogens is 783 g/mol. The van der Waals surface area contributed by atoms with Crippen LogP contribution in [-0.4, -0.2) is 87.6 Å². The molecule has 0 aromatic heterocycles. The topological polar surface area (TPSA) is 37.0 Å². The van der Waals surface area contributed by atoms with Crippen LogP contribution in [-0.2, 0) is 9.47 Å². The van der Waals surface area contributed by atoms with Gasteiger partial charge in [-0.05, 0) is 214 Å². The smallest absolute Gasteiger partial charge is 0.0584 e. The van der Waals surface area contributed by atoms with Crippen LogP contribution < -0.4 is 5.32 Å². The van der Waals surface area contributed by atoms with Gasteiger partial charge < -0.3 is 24.6 Å². The van der Waals surface area contributed by atoms with Gasteiger partial charge in [0.15, 0.2) is 0 Å². The zero-order valence-electron chi connectivity index (χ0n) is 45.3. The van der Waals surface area contributed by atoms with Gasteiger partial charge in [-0.15, -0.1) is 0 Å². The third-order valence-electron chi connectivity index (χ3n) is 19.9. The summed E-state index contributed by atoms with van der Waals surface area (Å²) in [5, 5.41) is 3.45. The number of hydrogen-bond donors (Lipinski definition) is 1. The number of ether oxygens (including phenoxy) is 2. The third-order valence-corrected chi connectivity index (χ3v) is 19.9. The monoisotopic (exact) mass is 892 g/mol. The molecule has 10 aliphatic heterocycles. The van der Waals surface area contributed by atoms with Crippen LogP contribution in [0, 0.1) is 104 Å². The van der Waals surface area contributed by atoms with E-state index in [2.05, 4.69) is 119 Å². The van der Waals surface area contributed by atoms with Crippen LogP contribution in [0.5, 0.6) is 0 Å². The Morgan fingerprint density at radius 3 is 1.31 bits per heavy atom. The molecule has 0 spiro atoms. The zero-order valence-corrected chi connectivity index (χ0v) is 45.3. The average Bonchev–Trinajstić information content (AvgIpc) is 3.48. The van der Waals surface area contributed by atoms with E-state index in [1.807, 2.05) is 0 Å². The lowest BCUT2D eigenvalue weighted by Crippen LogP contribution is -2.60. The molecule has 0 aromatic rings. The van der Waals surface area contributed by atoms with Crippen LogP contribution in [0.25, 0.3) is 0 Å². The number of nitrogens with zero attached hydrogens (tertiary/aromatic N) is 2. The fourth-order valence-corrected chi connectivity index (χ4v) is 17.8. The van der Waals surface area contributed by atoms with Crippen molar-refractivity contribution in [2.45, 2.75) is 206 Å². The normalized spacial score (nSPS) is 43.3. The van der Waals surface area contributed by atoms with Crippen molar-refractivity contribution >= 4 is 0 Å². The highest BCUT2D eigenvalue weighted by molar-refractivity contribution is 5.03. The van der Waals surface area contributed by atoms with Crippen molar-refractivity contribution in [2.75, 3.05) is 65.6 Å². The first kappa shape index (κ1) is 51.6. The lowest BCUT2D eigenvalue weighted by molar-refractivity contribution is -0.195. The summed E-state index contributed by atoms with van der Waals surface area (Å²) in [5.41, 5.74) is 2.60. The Bertz CT molecular complexity index is 1290. The lowest BCUT2D eigenvalue weighted by atomic mass is 9.54. The Hall–Kier alpha value is -0.200. The van der Waals surface area contributed by atoms with Crippen LogP contribution in [0.15, 0.2) is 0 Å². The summed E-state index contributed by atoms with van der Waals surface area (Å²) >= 11 is 0. The van der Waals surface area contributed by atoms with Crippen LogP contribution in [0.4, 0.5) is 0 Å². The minimum atomic E-state index is 0.486. The molecule has 5 heteroatoms. The molecule has 14 rings (SSSR count). The molecule has 4 saturated carbocycles. The molecule has 0 radical (unpaired) electrons. The molecule has 64 heavy (non-hydrogen) atoms. The summed E-state index contributed by atoms with van der Waals surface area (Å²) in [6, 6.07) is 0. The Morgan fingerprint density at radius 2 is 0.906 bits per heavy atom. The fourth-order valence-electron chi connectivity index (χ4n) is 17.8. The van der Waals surface area contributed by atoms with Crippen LogP contribution >= 0.6 is 0 Å². The maximum atomic E-state index is 5.98. The van der Waals surface area contributed by atoms with Crippen molar-refractivity contribution < 1.29 is 9.47 Å². The van der Waals surface area contributed by atoms with Crippen molar-refractivity contribution in [1.29, 1.82) is 0 Å². The largest absolute Gasteiger partial charge is 0.381 e. The van der Waals surface area contributed by atoms with Gasteiger partial charge >= 0.3 is 0 Å². The lowest BCUT2D eigenvalue weighted by Gasteiger charge is -2.59. The van der Waals surface area contributed by atoms with Crippen LogP contribution in [0.3, 0.4) is 0 Å². The molecule has 12 bridgehead atoms. The molecule has 4 aliphatic carbocycles. The predicted molar refractivity (Wildman–Crippen MR) is 273 cm³/mol. The summed E-state index contributed by atoms with van der Waals surface area (Å²) in [5.74, 6) is 12.6. The molecular formula is C59H109N3O2. The molecule has 0 amide bonds. The van der Waals surface area contributed by atoms with Crippen molar-refractivity contribution in [2.24, 2.45) is 104 Å². The number of rotatable bonds is 0. The summed E-state index contributed by atoms with van der Waals surface area (Å²) in [6.07, 6.45) is 21.1. The third kappa shape index (κ3) is 13.0. The second-order valence-electron chi connectivity index (χ2n) is 29.9. The van der Waals surface area contributed by atoms with E-state index >= 15 is 0 Å². The Labute approximate surface area is 398 Å². The van der Waals surface area contributed by atoms with Gasteiger partial charge in [-0.3, -0.25) is 0 Å². The van der Waals surface area contributed by atoms with E-state index in [9.17, 15) is 0 Å². The highest BCUT2D eigenvalue weighted by Gasteiger charge is 2.53. The number of piperidine rings is 6. The Kier molecular flexibility index (Phi) is 16.7. The van der Waals surface area contributed by atoms with Crippen molar-refractivity contribution in [3.63, 3.8) is 0 Å². The van der Waals surface area contributed by atoms with E-state index < -0.39 is 0 Å². The maximum absolute atomic E-state index is 5.98.